The maximum atomic E-state index is 4.12. The molecule has 0 fully saturated rings. The first kappa shape index (κ1) is 10.2. The smallest absolute Gasteiger partial charge is 0.106 e. The topological polar surface area (TPSA) is 12.9 Å². The molecule has 0 aliphatic carbocycles. The molecule has 0 saturated heterocycles. The number of aromatic nitrogens is 1. The van der Waals surface area contributed by atoms with Crippen molar-refractivity contribution < 1.29 is 0 Å². The number of rotatable bonds is 2. The molecule has 0 N–H and O–H groups in total. The average molecular weight is 293 g/mol. The van der Waals surface area contributed by atoms with Gasteiger partial charge in [-0.25, -0.2) is 4.98 Å². The van der Waals surface area contributed by atoms with Crippen molar-refractivity contribution in [3.05, 3.63) is 26.9 Å². The SMILES string of the molecule is CC(C)Cc1cc(Br)ncc1Br. The van der Waals surface area contributed by atoms with E-state index in [2.05, 4.69) is 56.8 Å². The summed E-state index contributed by atoms with van der Waals surface area (Å²) in [6.07, 6.45) is 2.92. The van der Waals surface area contributed by atoms with E-state index >= 15 is 0 Å². The lowest BCUT2D eigenvalue weighted by atomic mass is 10.0. The Morgan fingerprint density at radius 3 is 2.67 bits per heavy atom. The van der Waals surface area contributed by atoms with Gasteiger partial charge in [0, 0.05) is 10.7 Å². The highest BCUT2D eigenvalue weighted by Gasteiger charge is 2.03. The molecule has 1 nitrogen and oxygen atoms in total. The Balaban J connectivity index is 2.90. The molecule has 0 spiro atoms. The second-order valence-corrected chi connectivity index (χ2v) is 4.86. The molecule has 0 unspecified atom stereocenters. The number of hydrogen-bond acceptors (Lipinski definition) is 1. The van der Waals surface area contributed by atoms with Crippen LogP contribution in [0.4, 0.5) is 0 Å². The third kappa shape index (κ3) is 2.87. The van der Waals surface area contributed by atoms with E-state index in [1.807, 2.05) is 6.20 Å². The van der Waals surface area contributed by atoms with Crippen molar-refractivity contribution in [1.29, 1.82) is 0 Å². The Kier molecular flexibility index (Phi) is 3.72. The maximum Gasteiger partial charge on any atom is 0.106 e. The van der Waals surface area contributed by atoms with Crippen LogP contribution in [-0.2, 0) is 6.42 Å². The van der Waals surface area contributed by atoms with E-state index in [0.29, 0.717) is 5.92 Å². The number of halogens is 2. The second-order valence-electron chi connectivity index (χ2n) is 3.20. The van der Waals surface area contributed by atoms with Gasteiger partial charge in [-0.3, -0.25) is 0 Å². The fraction of sp³-hybridized carbons (Fsp3) is 0.444. The Bertz CT molecular complexity index is 271. The lowest BCUT2D eigenvalue weighted by Crippen LogP contribution is -1.95. The molecule has 0 bridgehead atoms. The Labute approximate surface area is 89.8 Å². The predicted octanol–water partition coefficient (Wildman–Crippen LogP) is 3.81. The normalized spacial score (nSPS) is 10.8. The zero-order valence-corrected chi connectivity index (χ0v) is 10.3. The van der Waals surface area contributed by atoms with Gasteiger partial charge in [-0.1, -0.05) is 13.8 Å². The summed E-state index contributed by atoms with van der Waals surface area (Å²) in [5.74, 6) is 0.676. The number of nitrogens with zero attached hydrogens (tertiary/aromatic N) is 1. The first-order chi connectivity index (χ1) is 5.59. The average Bonchev–Trinajstić information content (AvgIpc) is 1.96. The van der Waals surface area contributed by atoms with Gasteiger partial charge in [0.1, 0.15) is 4.60 Å². The van der Waals surface area contributed by atoms with Crippen LogP contribution in [0.2, 0.25) is 0 Å². The van der Waals surface area contributed by atoms with Gasteiger partial charge in [0.2, 0.25) is 0 Å². The molecule has 0 aliphatic heterocycles. The highest BCUT2D eigenvalue weighted by Crippen LogP contribution is 2.21. The Morgan fingerprint density at radius 2 is 2.08 bits per heavy atom. The lowest BCUT2D eigenvalue weighted by molar-refractivity contribution is 0.644. The van der Waals surface area contributed by atoms with Gasteiger partial charge in [0.15, 0.2) is 0 Å². The molecule has 0 amide bonds. The summed E-state index contributed by atoms with van der Waals surface area (Å²) in [6, 6.07) is 2.06. The second kappa shape index (κ2) is 4.38. The molecule has 1 aromatic heterocycles. The molecule has 0 aliphatic rings. The molecule has 0 saturated carbocycles. The quantitative estimate of drug-likeness (QED) is 0.756. The van der Waals surface area contributed by atoms with Gasteiger partial charge in [-0.05, 0) is 55.8 Å². The van der Waals surface area contributed by atoms with Crippen molar-refractivity contribution in [2.24, 2.45) is 5.92 Å². The van der Waals surface area contributed by atoms with E-state index in [1.54, 1.807) is 0 Å². The molecule has 1 heterocycles. The van der Waals surface area contributed by atoms with E-state index < -0.39 is 0 Å². The minimum absolute atomic E-state index is 0.676. The van der Waals surface area contributed by atoms with E-state index in [4.69, 9.17) is 0 Å². The summed E-state index contributed by atoms with van der Waals surface area (Å²) >= 11 is 6.83. The van der Waals surface area contributed by atoms with E-state index in [0.717, 1.165) is 15.5 Å². The van der Waals surface area contributed by atoms with Crippen LogP contribution in [-0.4, -0.2) is 4.98 Å². The molecule has 1 aromatic rings. The number of pyridine rings is 1. The van der Waals surface area contributed by atoms with Gasteiger partial charge >= 0.3 is 0 Å². The molecular weight excluding hydrogens is 282 g/mol. The molecule has 3 heteroatoms. The first-order valence-electron chi connectivity index (χ1n) is 3.89. The van der Waals surface area contributed by atoms with Crippen molar-refractivity contribution in [3.63, 3.8) is 0 Å². The third-order valence-electron chi connectivity index (χ3n) is 1.53. The molecule has 1 rings (SSSR count). The molecule has 0 aromatic carbocycles. The fourth-order valence-electron chi connectivity index (χ4n) is 1.05. The summed E-state index contributed by atoms with van der Waals surface area (Å²) in [4.78, 5) is 4.12. The van der Waals surface area contributed by atoms with E-state index in [1.165, 1.54) is 5.56 Å². The van der Waals surface area contributed by atoms with Crippen molar-refractivity contribution in [2.45, 2.75) is 20.3 Å². The van der Waals surface area contributed by atoms with Crippen molar-refractivity contribution >= 4 is 31.9 Å². The van der Waals surface area contributed by atoms with Gasteiger partial charge < -0.3 is 0 Å². The van der Waals surface area contributed by atoms with Crippen LogP contribution in [0.3, 0.4) is 0 Å². The van der Waals surface area contributed by atoms with Crippen LogP contribution in [0.5, 0.6) is 0 Å². The fourth-order valence-corrected chi connectivity index (χ4v) is 1.80. The highest BCUT2D eigenvalue weighted by molar-refractivity contribution is 9.11. The molecule has 0 radical (unpaired) electrons. The number of hydrogen-bond donors (Lipinski definition) is 0. The zero-order chi connectivity index (χ0) is 9.14. The Morgan fingerprint density at radius 1 is 1.42 bits per heavy atom. The summed E-state index contributed by atoms with van der Waals surface area (Å²) in [5.41, 5.74) is 1.31. The lowest BCUT2D eigenvalue weighted by Gasteiger charge is -2.06. The highest BCUT2D eigenvalue weighted by atomic mass is 79.9. The maximum absolute atomic E-state index is 4.12. The molecule has 12 heavy (non-hydrogen) atoms. The van der Waals surface area contributed by atoms with Crippen LogP contribution in [0.25, 0.3) is 0 Å². The summed E-state index contributed by atoms with van der Waals surface area (Å²) in [5, 5.41) is 0. The molecule has 0 atom stereocenters. The minimum atomic E-state index is 0.676. The van der Waals surface area contributed by atoms with E-state index in [9.17, 15) is 0 Å². The van der Waals surface area contributed by atoms with Gasteiger partial charge in [0.05, 0.1) is 0 Å². The third-order valence-corrected chi connectivity index (χ3v) is 2.68. The first-order valence-corrected chi connectivity index (χ1v) is 5.48. The van der Waals surface area contributed by atoms with Crippen LogP contribution in [0.15, 0.2) is 21.3 Å². The summed E-state index contributed by atoms with van der Waals surface area (Å²) in [7, 11) is 0. The van der Waals surface area contributed by atoms with Crippen LogP contribution >= 0.6 is 31.9 Å². The van der Waals surface area contributed by atoms with Gasteiger partial charge in [0.25, 0.3) is 0 Å². The molecular formula is C9H11Br2N. The Hall–Kier alpha value is 0.110. The summed E-state index contributed by atoms with van der Waals surface area (Å²) < 4.78 is 2.00. The van der Waals surface area contributed by atoms with Crippen molar-refractivity contribution in [1.82, 2.24) is 4.98 Å². The van der Waals surface area contributed by atoms with Crippen LogP contribution in [0, 0.1) is 5.92 Å². The van der Waals surface area contributed by atoms with Crippen LogP contribution < -0.4 is 0 Å². The summed E-state index contributed by atoms with van der Waals surface area (Å²) in [6.45, 7) is 4.42. The minimum Gasteiger partial charge on any atom is -0.248 e. The van der Waals surface area contributed by atoms with Gasteiger partial charge in [-0.15, -0.1) is 0 Å². The van der Waals surface area contributed by atoms with Crippen LogP contribution in [0.1, 0.15) is 19.4 Å². The van der Waals surface area contributed by atoms with E-state index in [-0.39, 0.29) is 0 Å². The standard InChI is InChI=1S/C9H11Br2N/c1-6(2)3-7-4-9(11)12-5-8(7)10/h4-6H,3H2,1-2H3. The van der Waals surface area contributed by atoms with Crippen molar-refractivity contribution in [2.75, 3.05) is 0 Å². The molecule has 66 valence electrons. The van der Waals surface area contributed by atoms with Gasteiger partial charge in [-0.2, -0.15) is 0 Å². The monoisotopic (exact) mass is 291 g/mol. The predicted molar refractivity (Wildman–Crippen MR) is 58.2 cm³/mol. The zero-order valence-electron chi connectivity index (χ0n) is 7.14. The largest absolute Gasteiger partial charge is 0.248 e. The van der Waals surface area contributed by atoms with Crippen molar-refractivity contribution in [3.8, 4) is 0 Å².